The summed E-state index contributed by atoms with van der Waals surface area (Å²) in [6.07, 6.45) is 4.91. The van der Waals surface area contributed by atoms with E-state index in [1.807, 2.05) is 44.2 Å². The Kier molecular flexibility index (Phi) is 5.58. The van der Waals surface area contributed by atoms with Gasteiger partial charge in [0.25, 0.3) is 12.6 Å². The Morgan fingerprint density at radius 1 is 1.21 bits per heavy atom. The number of benzene rings is 1. The van der Waals surface area contributed by atoms with Gasteiger partial charge in [-0.15, -0.1) is 11.3 Å². The van der Waals surface area contributed by atoms with E-state index in [2.05, 4.69) is 26.2 Å². The molecular weight excluding hydrogens is 447 g/mol. The summed E-state index contributed by atoms with van der Waals surface area (Å²) >= 11 is 1.27. The fraction of sp³-hybridized carbons (Fsp3) is 0.292. The molecule has 10 heteroatoms. The predicted molar refractivity (Wildman–Crippen MR) is 134 cm³/mol. The molecule has 3 aromatic rings. The van der Waals surface area contributed by atoms with E-state index in [0.29, 0.717) is 10.8 Å². The van der Waals surface area contributed by atoms with Crippen molar-refractivity contribution in [3.63, 3.8) is 0 Å². The lowest BCUT2D eigenvalue weighted by molar-refractivity contribution is -0.121. The van der Waals surface area contributed by atoms with Crippen molar-refractivity contribution in [2.24, 2.45) is 0 Å². The molecular formula is C24H23BN6O2S. The molecule has 0 atom stereocenters. The van der Waals surface area contributed by atoms with Crippen molar-refractivity contribution in [3.05, 3.63) is 59.4 Å². The van der Waals surface area contributed by atoms with Gasteiger partial charge in [0.05, 0.1) is 28.7 Å². The number of para-hydroxylation sites is 1. The Morgan fingerprint density at radius 2 is 1.97 bits per heavy atom. The molecule has 8 nitrogen and oxygen atoms in total. The number of nitrogens with zero attached hydrogens (tertiary/aromatic N) is 5. The smallest absolute Gasteiger partial charge is 0.275 e. The van der Waals surface area contributed by atoms with Crippen LogP contribution in [0.3, 0.4) is 0 Å². The minimum Gasteiger partial charge on any atom is -0.371 e. The number of nitriles is 1. The molecule has 1 saturated heterocycles. The Labute approximate surface area is 202 Å². The topological polar surface area (TPSA) is 102 Å². The highest BCUT2D eigenvalue weighted by molar-refractivity contribution is 7.14. The van der Waals surface area contributed by atoms with Crippen LogP contribution in [-0.4, -0.2) is 41.6 Å². The van der Waals surface area contributed by atoms with Crippen molar-refractivity contribution in [1.82, 2.24) is 9.97 Å². The van der Waals surface area contributed by atoms with Gasteiger partial charge in [0.1, 0.15) is 5.69 Å². The van der Waals surface area contributed by atoms with Gasteiger partial charge in [-0.05, 0) is 44.2 Å². The van der Waals surface area contributed by atoms with E-state index in [4.69, 9.17) is 5.26 Å². The number of rotatable bonds is 4. The van der Waals surface area contributed by atoms with Gasteiger partial charge < -0.3 is 10.2 Å². The summed E-state index contributed by atoms with van der Waals surface area (Å²) < 4.78 is 0. The van der Waals surface area contributed by atoms with E-state index in [1.54, 1.807) is 22.7 Å². The van der Waals surface area contributed by atoms with Crippen molar-refractivity contribution in [3.8, 4) is 5.97 Å². The van der Waals surface area contributed by atoms with E-state index in [0.717, 1.165) is 42.7 Å². The summed E-state index contributed by atoms with van der Waals surface area (Å²) in [5.74, 6) is 1.92. The first-order valence-electron chi connectivity index (χ1n) is 11.2. The number of anilines is 4. The van der Waals surface area contributed by atoms with Gasteiger partial charge in [0.15, 0.2) is 5.13 Å². The number of amides is 2. The van der Waals surface area contributed by atoms with Gasteiger partial charge in [-0.25, -0.2) is 10.2 Å². The second-order valence-corrected chi connectivity index (χ2v) is 9.87. The number of aromatic nitrogens is 2. The molecule has 0 saturated carbocycles. The number of carbonyl (C=O) groups is 2. The zero-order valence-electron chi connectivity index (χ0n) is 19.0. The lowest BCUT2D eigenvalue weighted by atomic mass is 9.45. The zero-order valence-corrected chi connectivity index (χ0v) is 19.8. The molecule has 2 amide bonds. The van der Waals surface area contributed by atoms with Crippen molar-refractivity contribution >= 4 is 52.1 Å². The van der Waals surface area contributed by atoms with Crippen LogP contribution in [0.15, 0.2) is 48.1 Å². The van der Waals surface area contributed by atoms with Crippen LogP contribution < -0.4 is 15.1 Å². The third kappa shape index (κ3) is 3.72. The Morgan fingerprint density at radius 3 is 2.74 bits per heavy atom. The van der Waals surface area contributed by atoms with E-state index in [9.17, 15) is 9.59 Å². The summed E-state index contributed by atoms with van der Waals surface area (Å²) in [4.78, 5) is 38.7. The molecule has 2 aliphatic rings. The largest absolute Gasteiger partial charge is 0.371 e. The Bertz CT molecular complexity index is 1310. The second kappa shape index (κ2) is 8.58. The molecule has 34 heavy (non-hydrogen) atoms. The third-order valence-electron chi connectivity index (χ3n) is 6.54. The first-order valence-corrected chi connectivity index (χ1v) is 12.1. The van der Waals surface area contributed by atoms with Gasteiger partial charge in [-0.2, -0.15) is 0 Å². The van der Waals surface area contributed by atoms with Crippen LogP contribution >= 0.6 is 11.3 Å². The van der Waals surface area contributed by atoms with Gasteiger partial charge in [-0.3, -0.25) is 19.5 Å². The van der Waals surface area contributed by atoms with Crippen LogP contribution in [0.2, 0.25) is 12.6 Å². The number of fused-ring (bicyclic) bond motifs is 1. The number of hydrogen-bond acceptors (Lipinski definition) is 7. The second-order valence-electron chi connectivity index (χ2n) is 9.04. The van der Waals surface area contributed by atoms with Crippen LogP contribution in [0.25, 0.3) is 0 Å². The predicted octanol–water partition coefficient (Wildman–Crippen LogP) is 4.12. The maximum absolute atomic E-state index is 13.2. The molecule has 0 spiro atoms. The average Bonchev–Trinajstić information content (AvgIpc) is 3.41. The number of pyridine rings is 1. The monoisotopic (exact) mass is 470 g/mol. The number of thiazole rings is 1. The summed E-state index contributed by atoms with van der Waals surface area (Å²) in [5.41, 5.74) is 2.80. The zero-order chi connectivity index (χ0) is 23.9. The van der Waals surface area contributed by atoms with Gasteiger partial charge >= 0.3 is 0 Å². The number of carbonyl (C=O) groups excluding carboxylic acids is 2. The Hall–Kier alpha value is -3.71. The van der Waals surface area contributed by atoms with Crippen molar-refractivity contribution in [2.75, 3.05) is 28.2 Å². The lowest BCUT2D eigenvalue weighted by Crippen LogP contribution is -2.37. The van der Waals surface area contributed by atoms with Gasteiger partial charge in [0.2, 0.25) is 5.91 Å². The maximum atomic E-state index is 13.2. The number of nitrogens with one attached hydrogen (secondary N) is 1. The summed E-state index contributed by atoms with van der Waals surface area (Å²) in [7, 11) is 0. The van der Waals surface area contributed by atoms with Crippen LogP contribution in [0.1, 0.15) is 29.9 Å². The summed E-state index contributed by atoms with van der Waals surface area (Å²) in [5, 5.41) is 14.2. The highest BCUT2D eigenvalue weighted by atomic mass is 32.1. The SMILES string of the molecule is CC1(C)C(=O)N(c2nc(C(=O)Nc3cnccc3N3CCB(C#N)CC3)cs2)c2ccccc21. The van der Waals surface area contributed by atoms with Crippen molar-refractivity contribution in [2.45, 2.75) is 31.9 Å². The molecule has 0 aliphatic carbocycles. The third-order valence-corrected chi connectivity index (χ3v) is 7.36. The van der Waals surface area contributed by atoms with Crippen LogP contribution in [-0.2, 0) is 10.2 Å². The quantitative estimate of drug-likeness (QED) is 0.576. The van der Waals surface area contributed by atoms with Crippen molar-refractivity contribution < 1.29 is 9.59 Å². The molecule has 0 bridgehead atoms. The molecule has 1 fully saturated rings. The molecule has 170 valence electrons. The molecule has 4 heterocycles. The standard InChI is InChI=1S/C24H23BN6O2S/c1-24(2)16-5-3-4-6-19(16)31(22(24)33)23-29-18(14-34-23)21(32)28-17-13-27-10-7-20(17)30-11-8-25(15-26)9-12-30/h3-7,10,13-14H,8-9,11-12H2,1-2H3,(H,28,32). The molecule has 1 aromatic carbocycles. The normalized spacial score (nSPS) is 16.9. The minimum absolute atomic E-state index is 0.0645. The van der Waals surface area contributed by atoms with Crippen LogP contribution in [0, 0.1) is 11.2 Å². The molecule has 2 aromatic heterocycles. The van der Waals surface area contributed by atoms with Gasteiger partial charge in [-0.1, -0.05) is 18.2 Å². The summed E-state index contributed by atoms with van der Waals surface area (Å²) in [6.45, 7) is 5.38. The Balaban J connectivity index is 1.37. The fourth-order valence-corrected chi connectivity index (χ4v) is 5.37. The van der Waals surface area contributed by atoms with E-state index in [-0.39, 0.29) is 24.2 Å². The number of hydrogen-bond donors (Lipinski definition) is 1. The fourth-order valence-electron chi connectivity index (χ4n) is 4.56. The highest BCUT2D eigenvalue weighted by Crippen LogP contribution is 2.45. The molecule has 2 aliphatic heterocycles. The van der Waals surface area contributed by atoms with Crippen LogP contribution in [0.5, 0.6) is 0 Å². The average molecular weight is 470 g/mol. The molecule has 5 rings (SSSR count). The molecule has 0 unspecified atom stereocenters. The minimum atomic E-state index is -0.658. The molecule has 0 radical (unpaired) electrons. The van der Waals surface area contributed by atoms with Gasteiger partial charge in [0, 0.05) is 30.6 Å². The first-order chi connectivity index (χ1) is 16.4. The summed E-state index contributed by atoms with van der Waals surface area (Å²) in [6, 6.07) is 9.55. The van der Waals surface area contributed by atoms with E-state index >= 15 is 0 Å². The maximum Gasteiger partial charge on any atom is 0.275 e. The highest BCUT2D eigenvalue weighted by Gasteiger charge is 2.45. The van der Waals surface area contributed by atoms with E-state index in [1.165, 1.54) is 11.3 Å². The van der Waals surface area contributed by atoms with E-state index < -0.39 is 5.41 Å². The van der Waals surface area contributed by atoms with Crippen molar-refractivity contribution in [1.29, 1.82) is 5.26 Å². The first kappa shape index (κ1) is 22.1. The van der Waals surface area contributed by atoms with Crippen LogP contribution in [0.4, 0.5) is 22.2 Å². The lowest BCUT2D eigenvalue weighted by Gasteiger charge is -2.31. The molecule has 1 N–H and O–H groups in total.